The molecule has 38 heavy (non-hydrogen) atoms. The van der Waals surface area contributed by atoms with Crippen molar-refractivity contribution in [3.8, 4) is 28.7 Å². The summed E-state index contributed by atoms with van der Waals surface area (Å²) in [5.74, 6) is 7.85. The molecule has 0 radical (unpaired) electrons. The Morgan fingerprint density at radius 3 is 2.47 bits per heavy atom. The van der Waals surface area contributed by atoms with E-state index in [0.29, 0.717) is 5.56 Å². The van der Waals surface area contributed by atoms with Gasteiger partial charge in [0.15, 0.2) is 0 Å². The highest BCUT2D eigenvalue weighted by Crippen LogP contribution is 2.38. The summed E-state index contributed by atoms with van der Waals surface area (Å²) in [7, 11) is 3.36. The Balaban J connectivity index is 0.00000144. The van der Waals surface area contributed by atoms with Crippen LogP contribution in [0.15, 0.2) is 48.8 Å². The van der Waals surface area contributed by atoms with Gasteiger partial charge in [0, 0.05) is 43.7 Å². The van der Waals surface area contributed by atoms with E-state index in [1.54, 1.807) is 4.90 Å². The number of amides is 1. The number of aromatic nitrogens is 4. The summed E-state index contributed by atoms with van der Waals surface area (Å²) in [6.07, 6.45) is 6.94. The normalized spacial score (nSPS) is 16.2. The molecule has 1 fully saturated rings. The number of benzene rings is 2. The second-order valence-electron chi connectivity index (χ2n) is 9.39. The molecule has 1 atom stereocenters. The van der Waals surface area contributed by atoms with Gasteiger partial charge in [0.25, 0.3) is 5.91 Å². The number of nitrogens with two attached hydrogens (primary N) is 1. The predicted octanol–water partition coefficient (Wildman–Crippen LogP) is 4.57. The van der Waals surface area contributed by atoms with E-state index in [1.165, 1.54) is 19.9 Å². The van der Waals surface area contributed by atoms with Crippen LogP contribution in [0, 0.1) is 11.8 Å². The van der Waals surface area contributed by atoms with Crippen molar-refractivity contribution in [3.05, 3.63) is 65.7 Å². The van der Waals surface area contributed by atoms with Crippen molar-refractivity contribution in [3.63, 3.8) is 0 Å². The maximum absolute atomic E-state index is 13.5. The SMILES string of the molecule is CC#Cc1cccc2c1-n1c(nc3ccc(-c4cnc(N5CCCC5)nc4)cc31)C(CC)N(C)C2=O.CN. The Morgan fingerprint density at radius 2 is 1.79 bits per heavy atom. The molecule has 2 aromatic heterocycles. The molecular weight excluding hydrogens is 474 g/mol. The van der Waals surface area contributed by atoms with Gasteiger partial charge in [0.05, 0.1) is 28.3 Å². The van der Waals surface area contributed by atoms with Crippen LogP contribution in [0.5, 0.6) is 0 Å². The first-order valence-corrected chi connectivity index (χ1v) is 13.1. The van der Waals surface area contributed by atoms with Crippen LogP contribution in [-0.4, -0.2) is 57.5 Å². The first-order chi connectivity index (χ1) is 18.6. The standard InChI is InChI=1S/C29H28N6O.CH5N/c1-4-9-19-10-8-11-22-26(19)35-25-16-20(21-17-30-29(31-18-21)34-14-6-7-15-34)12-13-23(25)32-27(35)24(5-2)33(3)28(22)36;1-2/h8,10-13,16-18,24H,5-7,14-15H2,1-3H3;2H2,1H3. The van der Waals surface area contributed by atoms with E-state index in [0.717, 1.165) is 64.7 Å². The number of carbonyl (C=O) groups excluding carboxylic acids is 1. The molecule has 2 aliphatic rings. The Labute approximate surface area is 223 Å². The first kappa shape index (κ1) is 25.4. The summed E-state index contributed by atoms with van der Waals surface area (Å²) in [4.78, 5) is 31.9. The van der Waals surface area contributed by atoms with Crippen molar-refractivity contribution < 1.29 is 4.79 Å². The largest absolute Gasteiger partial charge is 0.341 e. The van der Waals surface area contributed by atoms with Gasteiger partial charge in [-0.25, -0.2) is 15.0 Å². The molecule has 4 aromatic rings. The fourth-order valence-electron chi connectivity index (χ4n) is 5.44. The van der Waals surface area contributed by atoms with Gasteiger partial charge >= 0.3 is 0 Å². The second kappa shape index (κ2) is 10.6. The van der Waals surface area contributed by atoms with E-state index in [4.69, 9.17) is 4.98 Å². The van der Waals surface area contributed by atoms with Gasteiger partial charge < -0.3 is 15.5 Å². The van der Waals surface area contributed by atoms with Gasteiger partial charge in [0.1, 0.15) is 5.82 Å². The molecule has 8 nitrogen and oxygen atoms in total. The number of carbonyl (C=O) groups is 1. The van der Waals surface area contributed by atoms with Gasteiger partial charge in [-0.1, -0.05) is 25.0 Å². The molecule has 0 bridgehead atoms. The third-order valence-corrected chi connectivity index (χ3v) is 7.26. The lowest BCUT2D eigenvalue weighted by Crippen LogP contribution is -2.30. The van der Waals surface area contributed by atoms with Gasteiger partial charge in [-0.3, -0.25) is 9.36 Å². The average molecular weight is 508 g/mol. The number of rotatable bonds is 3. The maximum Gasteiger partial charge on any atom is 0.256 e. The fraction of sp³-hybridized carbons (Fsp3) is 0.333. The molecule has 2 aromatic carbocycles. The van der Waals surface area contributed by atoms with Gasteiger partial charge in [-0.2, -0.15) is 0 Å². The van der Waals surface area contributed by atoms with Crippen molar-refractivity contribution in [2.45, 2.75) is 39.2 Å². The van der Waals surface area contributed by atoms with E-state index in [-0.39, 0.29) is 11.9 Å². The summed E-state index contributed by atoms with van der Waals surface area (Å²) >= 11 is 0. The molecule has 0 spiro atoms. The molecule has 8 heteroatoms. The highest BCUT2D eigenvalue weighted by atomic mass is 16.2. The molecule has 0 saturated carbocycles. The topological polar surface area (TPSA) is 93.2 Å². The second-order valence-corrected chi connectivity index (χ2v) is 9.39. The minimum Gasteiger partial charge on any atom is -0.341 e. The van der Waals surface area contributed by atoms with Crippen molar-refractivity contribution in [1.82, 2.24) is 24.4 Å². The van der Waals surface area contributed by atoms with Crippen LogP contribution in [0.1, 0.15) is 60.9 Å². The average Bonchev–Trinajstić information content (AvgIpc) is 3.61. The summed E-state index contributed by atoms with van der Waals surface area (Å²) in [6.45, 7) is 5.93. The molecule has 194 valence electrons. The molecule has 1 unspecified atom stereocenters. The highest BCUT2D eigenvalue weighted by Gasteiger charge is 2.34. The smallest absolute Gasteiger partial charge is 0.256 e. The summed E-state index contributed by atoms with van der Waals surface area (Å²) < 4.78 is 2.14. The number of anilines is 1. The van der Waals surface area contributed by atoms with Crippen LogP contribution in [0.4, 0.5) is 5.95 Å². The summed E-state index contributed by atoms with van der Waals surface area (Å²) in [5.41, 5.74) is 10.5. The summed E-state index contributed by atoms with van der Waals surface area (Å²) in [6, 6.07) is 11.9. The van der Waals surface area contributed by atoms with Crippen LogP contribution in [0.2, 0.25) is 0 Å². The first-order valence-electron chi connectivity index (χ1n) is 13.1. The Bertz CT molecular complexity index is 1540. The fourth-order valence-corrected chi connectivity index (χ4v) is 5.44. The van der Waals surface area contributed by atoms with E-state index in [9.17, 15) is 4.79 Å². The molecule has 6 rings (SSSR count). The van der Waals surface area contributed by atoms with Crippen LogP contribution in [0.3, 0.4) is 0 Å². The van der Waals surface area contributed by atoms with E-state index < -0.39 is 0 Å². The zero-order chi connectivity index (χ0) is 26.8. The van der Waals surface area contributed by atoms with Gasteiger partial charge in [-0.05, 0) is 63.1 Å². The minimum absolute atomic E-state index is 0.0164. The van der Waals surface area contributed by atoms with Gasteiger partial charge in [-0.15, -0.1) is 5.92 Å². The van der Waals surface area contributed by atoms with Crippen molar-refractivity contribution in [2.24, 2.45) is 5.73 Å². The van der Waals surface area contributed by atoms with Crippen molar-refractivity contribution in [1.29, 1.82) is 0 Å². The lowest BCUT2D eigenvalue weighted by atomic mass is 10.0. The number of hydrogen-bond acceptors (Lipinski definition) is 6. The lowest BCUT2D eigenvalue weighted by molar-refractivity contribution is 0.0726. The monoisotopic (exact) mass is 507 g/mol. The van der Waals surface area contributed by atoms with Crippen LogP contribution < -0.4 is 10.6 Å². The minimum atomic E-state index is -0.147. The Hall–Kier alpha value is -4.22. The molecule has 1 saturated heterocycles. The van der Waals surface area contributed by atoms with Crippen LogP contribution in [0.25, 0.3) is 27.8 Å². The third kappa shape index (κ3) is 4.19. The van der Waals surface area contributed by atoms with E-state index >= 15 is 0 Å². The predicted molar refractivity (Wildman–Crippen MR) is 151 cm³/mol. The van der Waals surface area contributed by atoms with E-state index in [1.807, 2.05) is 50.6 Å². The molecule has 2 aliphatic heterocycles. The number of nitrogens with zero attached hydrogens (tertiary/aromatic N) is 6. The highest BCUT2D eigenvalue weighted by molar-refractivity contribution is 6.01. The number of hydrogen-bond donors (Lipinski definition) is 1. The Morgan fingerprint density at radius 1 is 1.05 bits per heavy atom. The molecule has 2 N–H and O–H groups in total. The van der Waals surface area contributed by atoms with Gasteiger partial charge in [0.2, 0.25) is 5.95 Å². The summed E-state index contributed by atoms with van der Waals surface area (Å²) in [5, 5.41) is 0. The number of para-hydroxylation sites is 1. The number of fused-ring (bicyclic) bond motifs is 5. The zero-order valence-corrected chi connectivity index (χ0v) is 22.4. The molecule has 4 heterocycles. The number of imidazole rings is 1. The molecular formula is C30H33N7O. The molecule has 1 amide bonds. The van der Waals surface area contributed by atoms with E-state index in [2.05, 4.69) is 56.1 Å². The maximum atomic E-state index is 13.5. The third-order valence-electron chi connectivity index (χ3n) is 7.26. The lowest BCUT2D eigenvalue weighted by Gasteiger charge is -2.24. The quantitative estimate of drug-likeness (QED) is 0.409. The van der Waals surface area contributed by atoms with Crippen LogP contribution in [-0.2, 0) is 0 Å². The Kier molecular flexibility index (Phi) is 7.12. The molecule has 0 aliphatic carbocycles. The van der Waals surface area contributed by atoms with Crippen LogP contribution >= 0.6 is 0 Å². The van der Waals surface area contributed by atoms with Crippen molar-refractivity contribution in [2.75, 3.05) is 32.1 Å². The van der Waals surface area contributed by atoms with Crippen molar-refractivity contribution >= 4 is 22.9 Å². The zero-order valence-electron chi connectivity index (χ0n) is 22.4.